The molecule has 0 spiro atoms. The van der Waals surface area contributed by atoms with Crippen molar-refractivity contribution in [1.82, 2.24) is 30.5 Å². The van der Waals surface area contributed by atoms with Gasteiger partial charge in [0, 0.05) is 24.6 Å². The predicted octanol–water partition coefficient (Wildman–Crippen LogP) is 2.13. The van der Waals surface area contributed by atoms with Crippen molar-refractivity contribution in [3.05, 3.63) is 83.7 Å². The smallest absolute Gasteiger partial charge is 0.270 e. The Morgan fingerprint density at radius 3 is 2.41 bits per heavy atom. The van der Waals surface area contributed by atoms with Crippen LogP contribution in [0.25, 0.3) is 11.4 Å². The van der Waals surface area contributed by atoms with E-state index in [1.807, 2.05) is 24.3 Å². The molecule has 34 heavy (non-hydrogen) atoms. The van der Waals surface area contributed by atoms with Crippen LogP contribution in [-0.4, -0.2) is 52.9 Å². The number of pyridine rings is 1. The van der Waals surface area contributed by atoms with Gasteiger partial charge in [0.25, 0.3) is 5.91 Å². The molecule has 174 valence electrons. The molecule has 10 nitrogen and oxygen atoms in total. The van der Waals surface area contributed by atoms with E-state index < -0.39 is 9.84 Å². The summed E-state index contributed by atoms with van der Waals surface area (Å²) < 4.78 is 28.3. The maximum atomic E-state index is 12.6. The van der Waals surface area contributed by atoms with Gasteiger partial charge < -0.3 is 10.1 Å². The summed E-state index contributed by atoms with van der Waals surface area (Å²) in [7, 11) is -1.65. The van der Waals surface area contributed by atoms with Crippen LogP contribution in [0, 0.1) is 0 Å². The first-order valence-electron chi connectivity index (χ1n) is 10.3. The number of sulfone groups is 1. The van der Waals surface area contributed by atoms with Crippen LogP contribution < -0.4 is 10.1 Å². The Hall–Kier alpha value is -4.12. The molecule has 0 bridgehead atoms. The van der Waals surface area contributed by atoms with Gasteiger partial charge in [-0.05, 0) is 52.7 Å². The highest BCUT2D eigenvalue weighted by Crippen LogP contribution is 2.16. The zero-order valence-electron chi connectivity index (χ0n) is 18.5. The number of amides is 1. The van der Waals surface area contributed by atoms with E-state index in [-0.39, 0.29) is 16.5 Å². The fourth-order valence-corrected chi connectivity index (χ4v) is 3.77. The largest absolute Gasteiger partial charge is 0.497 e. The van der Waals surface area contributed by atoms with Crippen molar-refractivity contribution in [2.75, 3.05) is 13.4 Å². The van der Waals surface area contributed by atoms with Crippen LogP contribution in [0.15, 0.2) is 71.8 Å². The van der Waals surface area contributed by atoms with Gasteiger partial charge in [0.05, 0.1) is 18.6 Å². The highest BCUT2D eigenvalue weighted by Gasteiger charge is 2.13. The van der Waals surface area contributed by atoms with Gasteiger partial charge in [0.2, 0.25) is 5.82 Å². The minimum absolute atomic E-state index is 0.235. The third-order valence-corrected chi connectivity index (χ3v) is 6.12. The SMILES string of the molecule is COc1ccc(CNC(=O)c2cc(-c3nnn(Cc4ccc(S(C)(=O)=O)cc4)n3)ccn2)cc1. The van der Waals surface area contributed by atoms with Crippen molar-refractivity contribution >= 4 is 15.7 Å². The van der Waals surface area contributed by atoms with E-state index in [1.165, 1.54) is 11.0 Å². The zero-order valence-corrected chi connectivity index (χ0v) is 19.4. The Labute approximate surface area is 196 Å². The number of aromatic nitrogens is 5. The Kier molecular flexibility index (Phi) is 6.64. The lowest BCUT2D eigenvalue weighted by Crippen LogP contribution is -2.23. The second-order valence-corrected chi connectivity index (χ2v) is 9.54. The Bertz CT molecular complexity index is 1400. The topological polar surface area (TPSA) is 129 Å². The third-order valence-electron chi connectivity index (χ3n) is 4.99. The monoisotopic (exact) mass is 478 g/mol. The lowest BCUT2D eigenvalue weighted by atomic mass is 10.2. The molecule has 1 amide bonds. The maximum Gasteiger partial charge on any atom is 0.270 e. The van der Waals surface area contributed by atoms with E-state index in [9.17, 15) is 13.2 Å². The van der Waals surface area contributed by atoms with Crippen LogP contribution in [0.1, 0.15) is 21.6 Å². The van der Waals surface area contributed by atoms with Crippen LogP contribution in [0.5, 0.6) is 5.75 Å². The van der Waals surface area contributed by atoms with Gasteiger partial charge >= 0.3 is 0 Å². The number of hydrogen-bond donors (Lipinski definition) is 1. The molecule has 0 aliphatic carbocycles. The quantitative estimate of drug-likeness (QED) is 0.408. The summed E-state index contributed by atoms with van der Waals surface area (Å²) in [6.07, 6.45) is 2.68. The molecule has 0 aliphatic rings. The minimum atomic E-state index is -3.25. The zero-order chi connectivity index (χ0) is 24.1. The molecule has 0 atom stereocenters. The molecule has 0 unspecified atom stereocenters. The lowest BCUT2D eigenvalue weighted by molar-refractivity contribution is 0.0946. The highest BCUT2D eigenvalue weighted by atomic mass is 32.2. The molecule has 1 N–H and O–H groups in total. The molecule has 2 aromatic carbocycles. The number of methoxy groups -OCH3 is 1. The first-order valence-corrected chi connectivity index (χ1v) is 12.2. The number of ether oxygens (including phenoxy) is 1. The molecular weight excluding hydrogens is 456 g/mol. The van der Waals surface area contributed by atoms with Crippen molar-refractivity contribution in [3.8, 4) is 17.1 Å². The Balaban J connectivity index is 1.41. The highest BCUT2D eigenvalue weighted by molar-refractivity contribution is 7.90. The summed E-state index contributed by atoms with van der Waals surface area (Å²) in [5.41, 5.74) is 2.59. The molecule has 0 fully saturated rings. The van der Waals surface area contributed by atoms with Gasteiger partial charge in [-0.2, -0.15) is 4.80 Å². The van der Waals surface area contributed by atoms with Gasteiger partial charge in [-0.1, -0.05) is 24.3 Å². The van der Waals surface area contributed by atoms with E-state index in [0.717, 1.165) is 23.1 Å². The number of tetrazole rings is 1. The maximum absolute atomic E-state index is 12.6. The number of carbonyl (C=O) groups is 1. The van der Waals surface area contributed by atoms with Crippen LogP contribution in [0.4, 0.5) is 0 Å². The summed E-state index contributed by atoms with van der Waals surface area (Å²) in [5.74, 6) is 0.770. The summed E-state index contributed by atoms with van der Waals surface area (Å²) in [5, 5.41) is 15.3. The molecule has 0 aliphatic heterocycles. The first kappa shape index (κ1) is 23.1. The Morgan fingerprint density at radius 1 is 1.03 bits per heavy atom. The summed E-state index contributed by atoms with van der Waals surface area (Å²) in [6, 6.07) is 17.2. The molecule has 0 radical (unpaired) electrons. The van der Waals surface area contributed by atoms with Crippen LogP contribution in [0.3, 0.4) is 0 Å². The fourth-order valence-electron chi connectivity index (χ4n) is 3.14. The number of carbonyl (C=O) groups excluding carboxylic acids is 1. The Morgan fingerprint density at radius 2 is 1.74 bits per heavy atom. The van der Waals surface area contributed by atoms with Crippen molar-refractivity contribution in [2.45, 2.75) is 18.0 Å². The van der Waals surface area contributed by atoms with E-state index in [0.29, 0.717) is 24.5 Å². The number of nitrogens with zero attached hydrogens (tertiary/aromatic N) is 5. The molecule has 4 rings (SSSR count). The second-order valence-electron chi connectivity index (χ2n) is 7.52. The van der Waals surface area contributed by atoms with E-state index in [1.54, 1.807) is 43.5 Å². The lowest BCUT2D eigenvalue weighted by Gasteiger charge is -2.06. The van der Waals surface area contributed by atoms with Crippen molar-refractivity contribution in [2.24, 2.45) is 0 Å². The standard InChI is InChI=1S/C23H22N6O4S/c1-33-19-7-3-16(4-8-19)14-25-23(30)21-13-18(11-12-24-21)22-26-28-29(27-22)15-17-5-9-20(10-6-17)34(2,31)32/h3-13H,14-15H2,1-2H3,(H,25,30). The van der Waals surface area contributed by atoms with E-state index in [2.05, 4.69) is 25.7 Å². The first-order chi connectivity index (χ1) is 16.3. The molecule has 4 aromatic rings. The summed E-state index contributed by atoms with van der Waals surface area (Å²) >= 11 is 0. The number of benzene rings is 2. The summed E-state index contributed by atoms with van der Waals surface area (Å²) in [6.45, 7) is 0.665. The molecule has 2 aromatic heterocycles. The van der Waals surface area contributed by atoms with Gasteiger partial charge in [0.1, 0.15) is 11.4 Å². The van der Waals surface area contributed by atoms with Crippen molar-refractivity contribution < 1.29 is 17.9 Å². The number of nitrogens with one attached hydrogen (secondary N) is 1. The molecule has 11 heteroatoms. The van der Waals surface area contributed by atoms with Gasteiger partial charge in [0.15, 0.2) is 9.84 Å². The number of hydrogen-bond acceptors (Lipinski definition) is 8. The van der Waals surface area contributed by atoms with E-state index >= 15 is 0 Å². The normalized spacial score (nSPS) is 11.2. The predicted molar refractivity (Wildman–Crippen MR) is 124 cm³/mol. The molecular formula is C23H22N6O4S. The van der Waals surface area contributed by atoms with Gasteiger partial charge in [-0.3, -0.25) is 9.78 Å². The molecule has 0 saturated carbocycles. The molecule has 0 saturated heterocycles. The third kappa shape index (κ3) is 5.62. The number of rotatable bonds is 8. The van der Waals surface area contributed by atoms with Gasteiger partial charge in [-0.25, -0.2) is 8.42 Å². The van der Waals surface area contributed by atoms with Gasteiger partial charge in [-0.15, -0.1) is 10.2 Å². The average molecular weight is 479 g/mol. The average Bonchev–Trinajstić information content (AvgIpc) is 3.31. The van der Waals surface area contributed by atoms with Crippen molar-refractivity contribution in [1.29, 1.82) is 0 Å². The summed E-state index contributed by atoms with van der Waals surface area (Å²) in [4.78, 5) is 18.4. The fraction of sp³-hybridized carbons (Fsp3) is 0.174. The van der Waals surface area contributed by atoms with E-state index in [4.69, 9.17) is 4.74 Å². The second kappa shape index (κ2) is 9.79. The van der Waals surface area contributed by atoms with Crippen molar-refractivity contribution in [3.63, 3.8) is 0 Å². The minimum Gasteiger partial charge on any atom is -0.497 e. The van der Waals surface area contributed by atoms with Crippen LogP contribution in [0.2, 0.25) is 0 Å². The van der Waals surface area contributed by atoms with Crippen LogP contribution in [-0.2, 0) is 22.9 Å². The van der Waals surface area contributed by atoms with Crippen LogP contribution >= 0.6 is 0 Å². The molecule has 2 heterocycles.